The third kappa shape index (κ3) is 4.45. The van der Waals surface area contributed by atoms with Crippen molar-refractivity contribution in [2.75, 3.05) is 6.61 Å². The van der Waals surface area contributed by atoms with Crippen LogP contribution in [0, 0.1) is 0 Å². The third-order valence-corrected chi connectivity index (χ3v) is 4.51. The fraction of sp³-hybridized carbons (Fsp3) is 0.556. The van der Waals surface area contributed by atoms with Gasteiger partial charge >= 0.3 is 5.97 Å². The summed E-state index contributed by atoms with van der Waals surface area (Å²) in [5, 5.41) is 22.0. The Kier molecular flexibility index (Phi) is 6.08. The summed E-state index contributed by atoms with van der Waals surface area (Å²) in [7, 11) is 0. The molecular weight excluding hydrogens is 358 g/mol. The zero-order chi connectivity index (χ0) is 19.6. The second-order valence-electron chi connectivity index (χ2n) is 6.55. The molecule has 2 saturated heterocycles. The zero-order valence-corrected chi connectivity index (χ0v) is 15.0. The summed E-state index contributed by atoms with van der Waals surface area (Å²) < 4.78 is 22.9. The highest BCUT2D eigenvalue weighted by molar-refractivity contribution is 5.73. The van der Waals surface area contributed by atoms with Gasteiger partial charge in [-0.25, -0.2) is 4.79 Å². The van der Waals surface area contributed by atoms with Crippen LogP contribution in [0.5, 0.6) is 0 Å². The highest BCUT2D eigenvalue weighted by Gasteiger charge is 2.51. The van der Waals surface area contributed by atoms with E-state index in [4.69, 9.17) is 18.9 Å². The molecule has 27 heavy (non-hydrogen) atoms. The molecule has 0 radical (unpaired) electrons. The highest BCUT2D eigenvalue weighted by atomic mass is 16.7. The Bertz CT molecular complexity index is 669. The zero-order valence-electron chi connectivity index (χ0n) is 15.0. The van der Waals surface area contributed by atoms with Gasteiger partial charge in [0.15, 0.2) is 18.7 Å². The van der Waals surface area contributed by atoms with Crippen LogP contribution in [0.25, 0.3) is 0 Å². The van der Waals surface area contributed by atoms with Crippen LogP contribution in [-0.4, -0.2) is 65.4 Å². The molecule has 7 atom stereocenters. The summed E-state index contributed by atoms with van der Waals surface area (Å²) in [5.41, 5.74) is 0.781. The largest absolute Gasteiger partial charge is 0.479 e. The van der Waals surface area contributed by atoms with Crippen LogP contribution < -0.4 is 5.32 Å². The summed E-state index contributed by atoms with van der Waals surface area (Å²) in [6.45, 7) is 2.78. The number of hydrogen-bond donors (Lipinski definition) is 3. The molecule has 1 aromatic rings. The van der Waals surface area contributed by atoms with Crippen LogP contribution in [-0.2, 0) is 28.5 Å². The molecule has 3 N–H and O–H groups in total. The standard InChI is InChI=1S/C18H23NO8/c1-9(16(21)22)25-15-13(19-10(2)20)17(23)26-12-8-24-18(27-14(12)15)11-6-4-3-5-7-11/h3-7,9,12-15,17-18,23H,8H2,1-2H3,(H,19,20)(H,21,22)/t9-,12+,13+,14-,15-,17-,18-/m1/s1. The van der Waals surface area contributed by atoms with Gasteiger partial charge < -0.3 is 34.5 Å². The quantitative estimate of drug-likeness (QED) is 0.660. The van der Waals surface area contributed by atoms with Gasteiger partial charge in [0.2, 0.25) is 5.91 Å². The first kappa shape index (κ1) is 19.7. The number of hydrogen-bond acceptors (Lipinski definition) is 7. The Morgan fingerprint density at radius 1 is 1.26 bits per heavy atom. The molecule has 3 rings (SSSR count). The molecule has 1 aromatic carbocycles. The second kappa shape index (κ2) is 8.32. The summed E-state index contributed by atoms with van der Waals surface area (Å²) >= 11 is 0. The van der Waals surface area contributed by atoms with Crippen LogP contribution in [0.4, 0.5) is 0 Å². The summed E-state index contributed by atoms with van der Waals surface area (Å²) in [6.07, 6.45) is -5.61. The molecule has 9 nitrogen and oxygen atoms in total. The lowest BCUT2D eigenvalue weighted by atomic mass is 9.95. The molecule has 1 amide bonds. The molecule has 0 aliphatic carbocycles. The maximum atomic E-state index is 11.6. The number of benzene rings is 1. The van der Waals surface area contributed by atoms with Crippen LogP contribution in [0.1, 0.15) is 25.7 Å². The average Bonchev–Trinajstić information content (AvgIpc) is 2.64. The maximum absolute atomic E-state index is 11.6. The molecular formula is C18H23NO8. The average molecular weight is 381 g/mol. The molecule has 2 fully saturated rings. The van der Waals surface area contributed by atoms with Crippen molar-refractivity contribution in [1.82, 2.24) is 5.32 Å². The second-order valence-corrected chi connectivity index (χ2v) is 6.55. The van der Waals surface area contributed by atoms with Crippen molar-refractivity contribution in [3.05, 3.63) is 35.9 Å². The maximum Gasteiger partial charge on any atom is 0.332 e. The summed E-state index contributed by atoms with van der Waals surface area (Å²) in [6, 6.07) is 8.24. The topological polar surface area (TPSA) is 124 Å². The SMILES string of the molecule is CC(=O)N[C@H]1[C@@H](O[C@H](C)C(=O)O)[C@@H]2O[C@H](c3ccccc3)OC[C@@H]2O[C@H]1O. The van der Waals surface area contributed by atoms with Crippen LogP contribution in [0.15, 0.2) is 30.3 Å². The number of carbonyl (C=O) groups excluding carboxylic acids is 1. The number of carboxylic acids is 1. The predicted octanol–water partition coefficient (Wildman–Crippen LogP) is 0.181. The number of aliphatic carboxylic acids is 1. The van der Waals surface area contributed by atoms with Crippen molar-refractivity contribution in [1.29, 1.82) is 0 Å². The minimum absolute atomic E-state index is 0.120. The number of fused-ring (bicyclic) bond motifs is 1. The van der Waals surface area contributed by atoms with E-state index in [-0.39, 0.29) is 6.61 Å². The monoisotopic (exact) mass is 381 g/mol. The van der Waals surface area contributed by atoms with E-state index in [0.717, 1.165) is 5.56 Å². The Balaban J connectivity index is 1.85. The van der Waals surface area contributed by atoms with Gasteiger partial charge in [-0.1, -0.05) is 30.3 Å². The highest BCUT2D eigenvalue weighted by Crippen LogP contribution is 2.35. The smallest absolute Gasteiger partial charge is 0.332 e. The van der Waals surface area contributed by atoms with E-state index in [1.165, 1.54) is 13.8 Å². The molecule has 148 valence electrons. The van der Waals surface area contributed by atoms with Crippen LogP contribution in [0.2, 0.25) is 0 Å². The van der Waals surface area contributed by atoms with Crippen molar-refractivity contribution in [2.24, 2.45) is 0 Å². The van der Waals surface area contributed by atoms with Gasteiger partial charge in [-0.15, -0.1) is 0 Å². The van der Waals surface area contributed by atoms with Crippen LogP contribution >= 0.6 is 0 Å². The Labute approximate surface area is 156 Å². The van der Waals surface area contributed by atoms with Crippen molar-refractivity contribution in [2.45, 2.75) is 56.9 Å². The molecule has 0 unspecified atom stereocenters. The lowest BCUT2D eigenvalue weighted by molar-refractivity contribution is -0.344. The molecule has 0 bridgehead atoms. The van der Waals surface area contributed by atoms with Crippen molar-refractivity contribution < 1.29 is 38.7 Å². The Morgan fingerprint density at radius 3 is 2.59 bits per heavy atom. The number of amides is 1. The van der Waals surface area contributed by atoms with Crippen molar-refractivity contribution in [3.63, 3.8) is 0 Å². The molecule has 0 saturated carbocycles. The van der Waals surface area contributed by atoms with E-state index < -0.39 is 54.9 Å². The number of ether oxygens (including phenoxy) is 4. The molecule has 0 aromatic heterocycles. The number of rotatable bonds is 5. The minimum atomic E-state index is -1.39. The number of carbonyl (C=O) groups is 2. The Hall–Kier alpha value is -2.04. The normalized spacial score (nSPS) is 34.3. The molecule has 0 spiro atoms. The van der Waals surface area contributed by atoms with E-state index in [1.807, 2.05) is 30.3 Å². The number of aliphatic hydroxyl groups is 1. The fourth-order valence-corrected chi connectivity index (χ4v) is 3.21. The number of aliphatic hydroxyl groups excluding tert-OH is 1. The molecule has 2 aliphatic heterocycles. The van der Waals surface area contributed by atoms with E-state index in [9.17, 15) is 19.8 Å². The Morgan fingerprint density at radius 2 is 1.96 bits per heavy atom. The van der Waals surface area contributed by atoms with Gasteiger partial charge in [0.1, 0.15) is 24.4 Å². The van der Waals surface area contributed by atoms with E-state index >= 15 is 0 Å². The van der Waals surface area contributed by atoms with Gasteiger partial charge in [-0.3, -0.25) is 4.79 Å². The summed E-state index contributed by atoms with van der Waals surface area (Å²) in [4.78, 5) is 22.8. The first-order chi connectivity index (χ1) is 12.9. The van der Waals surface area contributed by atoms with E-state index in [0.29, 0.717) is 0 Å². The first-order valence-corrected chi connectivity index (χ1v) is 8.67. The fourth-order valence-electron chi connectivity index (χ4n) is 3.21. The van der Waals surface area contributed by atoms with E-state index in [1.54, 1.807) is 0 Å². The molecule has 2 heterocycles. The van der Waals surface area contributed by atoms with Gasteiger partial charge in [-0.2, -0.15) is 0 Å². The van der Waals surface area contributed by atoms with Gasteiger partial charge in [-0.05, 0) is 6.92 Å². The number of carboxylic acid groups (broad SMARTS) is 1. The van der Waals surface area contributed by atoms with Gasteiger partial charge in [0.05, 0.1) is 6.61 Å². The molecule has 9 heteroatoms. The number of nitrogens with one attached hydrogen (secondary N) is 1. The first-order valence-electron chi connectivity index (χ1n) is 8.67. The van der Waals surface area contributed by atoms with Gasteiger partial charge in [0, 0.05) is 12.5 Å². The lowest BCUT2D eigenvalue weighted by Gasteiger charge is -2.48. The van der Waals surface area contributed by atoms with E-state index in [2.05, 4.69) is 5.32 Å². The lowest BCUT2D eigenvalue weighted by Crippen LogP contribution is -2.67. The van der Waals surface area contributed by atoms with Crippen LogP contribution in [0.3, 0.4) is 0 Å². The molecule has 2 aliphatic rings. The summed E-state index contributed by atoms with van der Waals surface area (Å²) in [5.74, 6) is -1.58. The predicted molar refractivity (Wildman–Crippen MR) is 90.5 cm³/mol. The van der Waals surface area contributed by atoms with Crippen molar-refractivity contribution >= 4 is 11.9 Å². The van der Waals surface area contributed by atoms with Crippen molar-refractivity contribution in [3.8, 4) is 0 Å². The third-order valence-electron chi connectivity index (χ3n) is 4.51. The minimum Gasteiger partial charge on any atom is -0.479 e. The van der Waals surface area contributed by atoms with Gasteiger partial charge in [0.25, 0.3) is 0 Å².